The summed E-state index contributed by atoms with van der Waals surface area (Å²) in [5.74, 6) is 0.794. The zero-order valence-corrected chi connectivity index (χ0v) is 13.8. The molecule has 0 aliphatic carbocycles. The number of hydrogen-bond acceptors (Lipinski definition) is 3. The predicted molar refractivity (Wildman–Crippen MR) is 102 cm³/mol. The first-order chi connectivity index (χ1) is 12.3. The van der Waals surface area contributed by atoms with Gasteiger partial charge in [0.1, 0.15) is 5.82 Å². The lowest BCUT2D eigenvalue weighted by Crippen LogP contribution is -2.20. The first-order valence-electron chi connectivity index (χ1n) is 8.10. The van der Waals surface area contributed by atoms with Crippen molar-refractivity contribution in [2.75, 3.05) is 11.9 Å². The highest BCUT2D eigenvalue weighted by Gasteiger charge is 2.15. The van der Waals surface area contributed by atoms with Gasteiger partial charge < -0.3 is 4.90 Å². The van der Waals surface area contributed by atoms with Gasteiger partial charge in [0.05, 0.1) is 11.7 Å². The number of fused-ring (bicyclic) bond motifs is 1. The van der Waals surface area contributed by atoms with Gasteiger partial charge in [-0.2, -0.15) is 0 Å². The molecule has 0 aliphatic rings. The molecule has 0 spiro atoms. The first kappa shape index (κ1) is 15.1. The normalized spacial score (nSPS) is 10.8. The van der Waals surface area contributed by atoms with E-state index in [1.165, 1.54) is 0 Å². The SMILES string of the molecule is CN(c1ccccc1)c1cc(=O)c2ccncc2n1-c1ccccc1. The second-order valence-electron chi connectivity index (χ2n) is 5.83. The molecule has 0 atom stereocenters. The van der Waals surface area contributed by atoms with Crippen molar-refractivity contribution >= 4 is 22.4 Å². The maximum absolute atomic E-state index is 12.7. The molecule has 4 rings (SSSR count). The lowest BCUT2D eigenvalue weighted by Gasteiger charge is -2.25. The van der Waals surface area contributed by atoms with Crippen LogP contribution in [0.25, 0.3) is 16.6 Å². The Labute approximate surface area is 145 Å². The standard InChI is InChI=1S/C21H17N3O/c1-23(16-8-4-2-5-9-16)21-14-20(25)18-12-13-22-15-19(18)24(21)17-10-6-3-7-11-17/h2-15H,1H3. The fraction of sp³-hybridized carbons (Fsp3) is 0.0476. The Balaban J connectivity index is 2.06. The fourth-order valence-electron chi connectivity index (χ4n) is 3.03. The smallest absolute Gasteiger partial charge is 0.191 e. The molecule has 2 heterocycles. The Morgan fingerprint density at radius 1 is 0.920 bits per heavy atom. The van der Waals surface area contributed by atoms with E-state index in [-0.39, 0.29) is 5.43 Å². The number of benzene rings is 2. The number of aromatic nitrogens is 2. The molecule has 4 aromatic rings. The van der Waals surface area contributed by atoms with Crippen LogP contribution in [0, 0.1) is 0 Å². The minimum absolute atomic E-state index is 0.0117. The van der Waals surface area contributed by atoms with Crippen LogP contribution in [0.3, 0.4) is 0 Å². The zero-order chi connectivity index (χ0) is 17.2. The molecule has 4 heteroatoms. The van der Waals surface area contributed by atoms with Gasteiger partial charge in [-0.1, -0.05) is 36.4 Å². The van der Waals surface area contributed by atoms with Gasteiger partial charge in [0.2, 0.25) is 0 Å². The van der Waals surface area contributed by atoms with Gasteiger partial charge in [-0.25, -0.2) is 0 Å². The molecule has 2 aromatic carbocycles. The summed E-state index contributed by atoms with van der Waals surface area (Å²) in [5, 5.41) is 0.657. The maximum Gasteiger partial charge on any atom is 0.191 e. The van der Waals surface area contributed by atoms with Crippen molar-refractivity contribution < 1.29 is 0 Å². The Bertz CT molecular complexity index is 1070. The highest BCUT2D eigenvalue weighted by molar-refractivity contribution is 5.83. The van der Waals surface area contributed by atoms with Gasteiger partial charge in [-0.15, -0.1) is 0 Å². The average Bonchev–Trinajstić information content (AvgIpc) is 2.69. The largest absolute Gasteiger partial charge is 0.330 e. The first-order valence-corrected chi connectivity index (χ1v) is 8.10. The van der Waals surface area contributed by atoms with E-state index < -0.39 is 0 Å². The fourth-order valence-corrected chi connectivity index (χ4v) is 3.03. The van der Waals surface area contributed by atoms with E-state index in [4.69, 9.17) is 0 Å². The molecule has 0 bridgehead atoms. The molecule has 0 radical (unpaired) electrons. The van der Waals surface area contributed by atoms with Crippen molar-refractivity contribution in [2.24, 2.45) is 0 Å². The Morgan fingerprint density at radius 3 is 2.32 bits per heavy atom. The lowest BCUT2D eigenvalue weighted by molar-refractivity contribution is 1.02. The monoisotopic (exact) mass is 327 g/mol. The van der Waals surface area contributed by atoms with Gasteiger partial charge in [-0.3, -0.25) is 14.3 Å². The number of rotatable bonds is 3. The van der Waals surface area contributed by atoms with Gasteiger partial charge in [0.25, 0.3) is 0 Å². The van der Waals surface area contributed by atoms with Crippen LogP contribution in [0.1, 0.15) is 0 Å². The van der Waals surface area contributed by atoms with Crippen LogP contribution in [-0.2, 0) is 0 Å². The summed E-state index contributed by atoms with van der Waals surface area (Å²) < 4.78 is 2.07. The van der Waals surface area contributed by atoms with Crippen LogP contribution in [0.4, 0.5) is 11.5 Å². The Kier molecular flexibility index (Phi) is 3.78. The lowest BCUT2D eigenvalue weighted by atomic mass is 10.2. The minimum Gasteiger partial charge on any atom is -0.330 e. The molecule has 0 amide bonds. The molecule has 4 nitrogen and oxygen atoms in total. The molecule has 25 heavy (non-hydrogen) atoms. The van der Waals surface area contributed by atoms with E-state index in [0.29, 0.717) is 5.39 Å². The Morgan fingerprint density at radius 2 is 1.60 bits per heavy atom. The van der Waals surface area contributed by atoms with Crippen LogP contribution < -0.4 is 10.3 Å². The molecule has 0 unspecified atom stereocenters. The number of nitrogens with zero attached hydrogens (tertiary/aromatic N) is 3. The van der Waals surface area contributed by atoms with Crippen LogP contribution in [0.15, 0.2) is 90.0 Å². The van der Waals surface area contributed by atoms with Crippen LogP contribution in [0.5, 0.6) is 0 Å². The maximum atomic E-state index is 12.7. The van der Waals surface area contributed by atoms with Crippen LogP contribution in [-0.4, -0.2) is 16.6 Å². The highest BCUT2D eigenvalue weighted by atomic mass is 16.1. The molecular weight excluding hydrogens is 310 g/mol. The summed E-state index contributed by atoms with van der Waals surface area (Å²) in [6, 6.07) is 23.5. The van der Waals surface area contributed by atoms with Gasteiger partial charge >= 0.3 is 0 Å². The molecule has 0 aliphatic heterocycles. The molecule has 0 saturated carbocycles. The zero-order valence-electron chi connectivity index (χ0n) is 13.8. The third-order valence-corrected chi connectivity index (χ3v) is 4.30. The summed E-state index contributed by atoms with van der Waals surface area (Å²) >= 11 is 0. The summed E-state index contributed by atoms with van der Waals surface area (Å²) in [4.78, 5) is 18.9. The second kappa shape index (κ2) is 6.24. The average molecular weight is 327 g/mol. The molecule has 0 saturated heterocycles. The van der Waals surface area contributed by atoms with Gasteiger partial charge in [0.15, 0.2) is 5.43 Å². The van der Waals surface area contributed by atoms with Crippen molar-refractivity contribution in [1.82, 2.24) is 9.55 Å². The van der Waals surface area contributed by atoms with Crippen molar-refractivity contribution in [3.63, 3.8) is 0 Å². The van der Waals surface area contributed by atoms with E-state index in [2.05, 4.69) is 9.55 Å². The highest BCUT2D eigenvalue weighted by Crippen LogP contribution is 2.28. The quantitative estimate of drug-likeness (QED) is 0.567. The van der Waals surface area contributed by atoms with E-state index in [1.54, 1.807) is 24.5 Å². The molecule has 122 valence electrons. The van der Waals surface area contributed by atoms with Gasteiger partial charge in [0, 0.05) is 36.1 Å². The van der Waals surface area contributed by atoms with Gasteiger partial charge in [-0.05, 0) is 30.3 Å². The molecule has 0 N–H and O–H groups in total. The number of hydrogen-bond donors (Lipinski definition) is 0. The minimum atomic E-state index is -0.0117. The molecule has 2 aromatic heterocycles. The van der Waals surface area contributed by atoms with Crippen molar-refractivity contribution in [2.45, 2.75) is 0 Å². The van der Waals surface area contributed by atoms with Crippen LogP contribution in [0.2, 0.25) is 0 Å². The van der Waals surface area contributed by atoms with Crippen LogP contribution >= 0.6 is 0 Å². The van der Waals surface area contributed by atoms with E-state index >= 15 is 0 Å². The second-order valence-corrected chi connectivity index (χ2v) is 5.83. The molecular formula is C21H17N3O. The van der Waals surface area contributed by atoms with Crippen molar-refractivity contribution in [3.05, 3.63) is 95.4 Å². The number of para-hydroxylation sites is 2. The number of pyridine rings is 2. The molecule has 0 fully saturated rings. The third-order valence-electron chi connectivity index (χ3n) is 4.30. The topological polar surface area (TPSA) is 38.1 Å². The number of anilines is 2. The summed E-state index contributed by atoms with van der Waals surface area (Å²) in [7, 11) is 1.96. The summed E-state index contributed by atoms with van der Waals surface area (Å²) in [5.41, 5.74) is 2.77. The Hall–Kier alpha value is -3.40. The van der Waals surface area contributed by atoms with E-state index in [0.717, 1.165) is 22.7 Å². The third kappa shape index (κ3) is 2.68. The van der Waals surface area contributed by atoms with E-state index in [9.17, 15) is 4.79 Å². The summed E-state index contributed by atoms with van der Waals surface area (Å²) in [6.45, 7) is 0. The predicted octanol–water partition coefficient (Wildman–Crippen LogP) is 4.15. The summed E-state index contributed by atoms with van der Waals surface area (Å²) in [6.07, 6.45) is 3.39. The van der Waals surface area contributed by atoms with E-state index in [1.807, 2.05) is 72.6 Å². The van der Waals surface area contributed by atoms with Crippen molar-refractivity contribution in [3.8, 4) is 5.69 Å². The van der Waals surface area contributed by atoms with Crippen molar-refractivity contribution in [1.29, 1.82) is 0 Å².